The molecule has 0 aliphatic carbocycles. The molecule has 0 radical (unpaired) electrons. The number of nitrogens with zero attached hydrogens (tertiary/aromatic N) is 2. The minimum Gasteiger partial charge on any atom is -0.489 e. The van der Waals surface area contributed by atoms with Gasteiger partial charge in [-0.25, -0.2) is 4.39 Å². The molecular formula is C14H16Cl2FN3O2. The average molecular weight is 348 g/mol. The van der Waals surface area contributed by atoms with Gasteiger partial charge in [-0.15, -0.1) is 11.6 Å². The van der Waals surface area contributed by atoms with Crippen LogP contribution < -0.4 is 10.1 Å². The molecular weight excluding hydrogens is 332 g/mol. The molecule has 0 amide bonds. The molecule has 1 aromatic carbocycles. The molecule has 0 saturated heterocycles. The predicted molar refractivity (Wildman–Crippen MR) is 84.3 cm³/mol. The molecule has 0 saturated carbocycles. The van der Waals surface area contributed by atoms with Crippen LogP contribution in [0.5, 0.6) is 5.75 Å². The number of anilines is 1. The lowest BCUT2D eigenvalue weighted by Crippen LogP contribution is -2.20. The molecule has 1 aromatic heterocycles. The van der Waals surface area contributed by atoms with Gasteiger partial charge in [-0.2, -0.15) is 5.10 Å². The molecule has 0 bridgehead atoms. The summed E-state index contributed by atoms with van der Waals surface area (Å²) in [6, 6.07) is 4.51. The molecule has 120 valence electrons. The lowest BCUT2D eigenvalue weighted by Gasteiger charge is -2.12. The maximum atomic E-state index is 13.9. The number of hydrogen-bond donors (Lipinski definition) is 2. The fourth-order valence-corrected chi connectivity index (χ4v) is 1.99. The Morgan fingerprint density at radius 3 is 2.91 bits per heavy atom. The van der Waals surface area contributed by atoms with Crippen molar-refractivity contribution in [3.8, 4) is 5.75 Å². The Morgan fingerprint density at radius 2 is 2.27 bits per heavy atom. The van der Waals surface area contributed by atoms with Gasteiger partial charge in [-0.05, 0) is 12.1 Å². The largest absolute Gasteiger partial charge is 0.489 e. The van der Waals surface area contributed by atoms with Gasteiger partial charge in [0.1, 0.15) is 6.61 Å². The van der Waals surface area contributed by atoms with Gasteiger partial charge < -0.3 is 15.2 Å². The number of benzene rings is 1. The van der Waals surface area contributed by atoms with Crippen LogP contribution in [0.2, 0.25) is 5.02 Å². The van der Waals surface area contributed by atoms with Gasteiger partial charge in [0.15, 0.2) is 11.6 Å². The molecule has 8 heteroatoms. The molecule has 1 heterocycles. The van der Waals surface area contributed by atoms with Crippen molar-refractivity contribution in [2.75, 3.05) is 24.3 Å². The van der Waals surface area contributed by atoms with Crippen LogP contribution in [0.15, 0.2) is 30.6 Å². The Bertz CT molecular complexity index is 610. The van der Waals surface area contributed by atoms with Gasteiger partial charge in [-0.1, -0.05) is 11.6 Å². The third-order valence-electron chi connectivity index (χ3n) is 2.83. The number of aromatic nitrogens is 2. The number of nitrogens with one attached hydrogen (secondary N) is 1. The predicted octanol–water partition coefficient (Wildman–Crippen LogP) is 2.77. The number of halogens is 3. The maximum Gasteiger partial charge on any atom is 0.167 e. The molecule has 1 unspecified atom stereocenters. The van der Waals surface area contributed by atoms with Crippen molar-refractivity contribution in [3.63, 3.8) is 0 Å². The van der Waals surface area contributed by atoms with E-state index in [0.29, 0.717) is 17.3 Å². The highest BCUT2D eigenvalue weighted by molar-refractivity contribution is 6.30. The van der Waals surface area contributed by atoms with Crippen molar-refractivity contribution in [1.82, 2.24) is 9.78 Å². The van der Waals surface area contributed by atoms with Gasteiger partial charge in [0.25, 0.3) is 0 Å². The van der Waals surface area contributed by atoms with Gasteiger partial charge in [0, 0.05) is 24.5 Å². The van der Waals surface area contributed by atoms with Crippen LogP contribution in [0.25, 0.3) is 0 Å². The minimum absolute atomic E-state index is 0.119. The normalized spacial score (nSPS) is 12.2. The summed E-state index contributed by atoms with van der Waals surface area (Å²) in [5.41, 5.74) is 0.549. The molecule has 2 N–H and O–H groups in total. The monoisotopic (exact) mass is 347 g/mol. The van der Waals surface area contributed by atoms with Crippen molar-refractivity contribution in [2.24, 2.45) is 0 Å². The standard InChI is InChI=1S/C14H16Cl2FN3O2/c15-6-12(21)8-18-11-1-2-14(13(17)5-11)22-4-3-20-9-10(16)7-19-20/h1-2,5,7,9,12,18,21H,3-4,6,8H2. The Hall–Kier alpha value is -1.50. The molecule has 5 nitrogen and oxygen atoms in total. The molecule has 0 spiro atoms. The van der Waals surface area contributed by atoms with Crippen molar-refractivity contribution in [3.05, 3.63) is 41.4 Å². The Morgan fingerprint density at radius 1 is 1.45 bits per heavy atom. The van der Waals surface area contributed by atoms with Crippen LogP contribution in [0.4, 0.5) is 10.1 Å². The van der Waals surface area contributed by atoms with E-state index >= 15 is 0 Å². The second-order valence-corrected chi connectivity index (χ2v) is 5.35. The van der Waals surface area contributed by atoms with Gasteiger partial charge in [-0.3, -0.25) is 4.68 Å². The molecule has 2 rings (SSSR count). The lowest BCUT2D eigenvalue weighted by molar-refractivity contribution is 0.211. The van der Waals surface area contributed by atoms with Crippen molar-refractivity contribution in [2.45, 2.75) is 12.6 Å². The van der Waals surface area contributed by atoms with E-state index in [2.05, 4.69) is 10.4 Å². The van der Waals surface area contributed by atoms with Gasteiger partial charge >= 0.3 is 0 Å². The number of hydrogen-bond acceptors (Lipinski definition) is 4. The van der Waals surface area contributed by atoms with Gasteiger partial charge in [0.05, 0.1) is 29.7 Å². The van der Waals surface area contributed by atoms with Crippen LogP contribution in [0, 0.1) is 5.82 Å². The van der Waals surface area contributed by atoms with Crippen LogP contribution >= 0.6 is 23.2 Å². The summed E-state index contributed by atoms with van der Waals surface area (Å²) in [5, 5.41) is 16.8. The van der Waals surface area contributed by atoms with E-state index < -0.39 is 11.9 Å². The van der Waals surface area contributed by atoms with Crippen LogP contribution in [-0.4, -0.2) is 40.0 Å². The Kier molecular flexibility index (Phi) is 6.30. The van der Waals surface area contributed by atoms with E-state index in [0.717, 1.165) is 0 Å². The van der Waals surface area contributed by atoms with Crippen LogP contribution in [0.1, 0.15) is 0 Å². The summed E-state index contributed by atoms with van der Waals surface area (Å²) >= 11 is 11.2. The average Bonchev–Trinajstić information content (AvgIpc) is 2.92. The molecule has 0 aliphatic rings. The summed E-state index contributed by atoms with van der Waals surface area (Å²) < 4.78 is 20.9. The number of aliphatic hydroxyl groups is 1. The zero-order chi connectivity index (χ0) is 15.9. The molecule has 0 aliphatic heterocycles. The first-order valence-corrected chi connectivity index (χ1v) is 7.58. The van der Waals surface area contributed by atoms with E-state index in [9.17, 15) is 9.50 Å². The number of aliphatic hydroxyl groups excluding tert-OH is 1. The zero-order valence-corrected chi connectivity index (χ0v) is 13.2. The second-order valence-electron chi connectivity index (χ2n) is 4.60. The van der Waals surface area contributed by atoms with E-state index in [1.807, 2.05) is 0 Å². The fourth-order valence-electron chi connectivity index (χ4n) is 1.73. The molecule has 0 fully saturated rings. The number of alkyl halides is 1. The maximum absolute atomic E-state index is 13.9. The first-order chi connectivity index (χ1) is 10.6. The van der Waals surface area contributed by atoms with E-state index in [-0.39, 0.29) is 24.8 Å². The van der Waals surface area contributed by atoms with Crippen molar-refractivity contribution in [1.29, 1.82) is 0 Å². The lowest BCUT2D eigenvalue weighted by atomic mass is 10.2. The van der Waals surface area contributed by atoms with Crippen LogP contribution in [-0.2, 0) is 6.54 Å². The zero-order valence-electron chi connectivity index (χ0n) is 11.7. The highest BCUT2D eigenvalue weighted by Crippen LogP contribution is 2.21. The van der Waals surface area contributed by atoms with Gasteiger partial charge in [0.2, 0.25) is 0 Å². The minimum atomic E-state index is -0.679. The summed E-state index contributed by atoms with van der Waals surface area (Å²) in [5.74, 6) is -0.209. The SMILES string of the molecule is OC(CCl)CNc1ccc(OCCn2cc(Cl)cn2)c(F)c1. The summed E-state index contributed by atoms with van der Waals surface area (Å²) in [6.07, 6.45) is 2.51. The van der Waals surface area contributed by atoms with Crippen molar-refractivity contribution < 1.29 is 14.2 Å². The molecule has 22 heavy (non-hydrogen) atoms. The Balaban J connectivity index is 1.84. The number of rotatable bonds is 8. The Labute approximate surface area is 137 Å². The van der Waals surface area contributed by atoms with Crippen LogP contribution in [0.3, 0.4) is 0 Å². The summed E-state index contributed by atoms with van der Waals surface area (Å²) in [7, 11) is 0. The first kappa shape index (κ1) is 16.9. The third kappa shape index (κ3) is 5.05. The van der Waals surface area contributed by atoms with Crippen molar-refractivity contribution >= 4 is 28.9 Å². The number of ether oxygens (including phenoxy) is 1. The summed E-state index contributed by atoms with van der Waals surface area (Å²) in [4.78, 5) is 0. The third-order valence-corrected chi connectivity index (χ3v) is 3.38. The van der Waals surface area contributed by atoms with E-state index in [4.69, 9.17) is 27.9 Å². The quantitative estimate of drug-likeness (QED) is 0.721. The topological polar surface area (TPSA) is 59.3 Å². The molecule has 2 aromatic rings. The smallest absolute Gasteiger partial charge is 0.167 e. The van der Waals surface area contributed by atoms with E-state index in [1.165, 1.54) is 18.3 Å². The first-order valence-electron chi connectivity index (χ1n) is 6.66. The highest BCUT2D eigenvalue weighted by atomic mass is 35.5. The second kappa shape index (κ2) is 8.22. The fraction of sp³-hybridized carbons (Fsp3) is 0.357. The molecule has 1 atom stereocenters. The van der Waals surface area contributed by atoms with E-state index in [1.54, 1.807) is 16.9 Å². The summed E-state index contributed by atoms with van der Waals surface area (Å²) in [6.45, 7) is 0.990. The highest BCUT2D eigenvalue weighted by Gasteiger charge is 2.07.